The van der Waals surface area contributed by atoms with Crippen molar-refractivity contribution in [1.82, 2.24) is 0 Å². The van der Waals surface area contributed by atoms with Crippen LogP contribution in [0.5, 0.6) is 0 Å². The second-order valence-corrected chi connectivity index (χ2v) is 12.4. The molecule has 11 heteroatoms. The number of benzene rings is 3. The van der Waals surface area contributed by atoms with Crippen LogP contribution in [0.2, 0.25) is 0 Å². The SMILES string of the molecule is COCCOCCOP(=O)(OCCOCCOC)c1ccccc1[PH+](c1ccccc1)c1ccccc1.[CH3-].[Cl][Pd+]. The van der Waals surface area contributed by atoms with E-state index in [0.717, 1.165) is 5.30 Å². The van der Waals surface area contributed by atoms with Crippen LogP contribution in [0, 0.1) is 7.43 Å². The molecule has 224 valence electrons. The van der Waals surface area contributed by atoms with E-state index >= 15 is 0 Å². The third kappa shape index (κ3) is 12.5. The van der Waals surface area contributed by atoms with Crippen molar-refractivity contribution < 1.29 is 50.7 Å². The van der Waals surface area contributed by atoms with Gasteiger partial charge in [0.05, 0.1) is 60.8 Å². The zero-order valence-electron chi connectivity index (χ0n) is 23.2. The molecule has 7 nitrogen and oxygen atoms in total. The van der Waals surface area contributed by atoms with Gasteiger partial charge in [-0.05, 0) is 36.4 Å². The Morgan fingerprint density at radius 1 is 0.625 bits per heavy atom. The van der Waals surface area contributed by atoms with Crippen LogP contribution in [-0.2, 0) is 50.7 Å². The van der Waals surface area contributed by atoms with Crippen LogP contribution < -0.4 is 21.2 Å². The molecule has 0 fully saturated rings. The van der Waals surface area contributed by atoms with Crippen LogP contribution in [0.1, 0.15) is 0 Å². The third-order valence-electron chi connectivity index (χ3n) is 5.43. The standard InChI is InChI=1S/C28H36O7P2.CH3.ClH.Pd/c1-30-17-19-32-21-23-34-37(29,35-24-22-33-20-18-31-2)28-16-10-9-15-27(28)36(25-11-5-3-6-12-25)26-13-7-4-8-14-26;;;/h3-16H,17-24H2,1-2H3;1H3;1H;/q;-1;;+2. The van der Waals surface area contributed by atoms with Crippen LogP contribution >= 0.6 is 25.0 Å². The predicted molar refractivity (Wildman–Crippen MR) is 163 cm³/mol. The van der Waals surface area contributed by atoms with Crippen LogP contribution in [-0.4, -0.2) is 67.1 Å². The molecule has 0 aliphatic carbocycles. The molecule has 0 heterocycles. The molecule has 0 aromatic heterocycles. The summed E-state index contributed by atoms with van der Waals surface area (Å²) in [6.07, 6.45) is 0. The number of ether oxygens (including phenoxy) is 4. The number of halogens is 1. The molecule has 0 aliphatic heterocycles. The molecular formula is C29H40ClO7P2Pd+. The Hall–Kier alpha value is -0.968. The fourth-order valence-electron chi connectivity index (χ4n) is 3.71. The molecule has 0 amide bonds. The van der Waals surface area contributed by atoms with Crippen molar-refractivity contribution >= 4 is 46.3 Å². The maximum atomic E-state index is 14.4. The predicted octanol–water partition coefficient (Wildman–Crippen LogP) is 4.49. The first-order valence-corrected chi connectivity index (χ1v) is 17.5. The first-order chi connectivity index (χ1) is 19.2. The Morgan fingerprint density at radius 2 is 1.02 bits per heavy atom. The first-order valence-electron chi connectivity index (χ1n) is 12.4. The fraction of sp³-hybridized carbons (Fsp3) is 0.345. The van der Waals surface area contributed by atoms with Crippen molar-refractivity contribution in [3.63, 3.8) is 0 Å². The Bertz CT molecular complexity index is 1020. The molecule has 0 spiro atoms. The molecule has 3 aromatic carbocycles. The van der Waals surface area contributed by atoms with E-state index in [0.29, 0.717) is 31.7 Å². The minimum absolute atomic E-state index is 0. The van der Waals surface area contributed by atoms with E-state index in [1.807, 2.05) is 60.7 Å². The second kappa shape index (κ2) is 22.6. The maximum absolute atomic E-state index is 14.4. The molecule has 0 aliphatic rings. The van der Waals surface area contributed by atoms with E-state index in [-0.39, 0.29) is 33.9 Å². The van der Waals surface area contributed by atoms with E-state index in [1.165, 1.54) is 10.6 Å². The van der Waals surface area contributed by atoms with Gasteiger partial charge in [-0.1, -0.05) is 48.5 Å². The molecule has 40 heavy (non-hydrogen) atoms. The molecule has 3 aromatic rings. The van der Waals surface area contributed by atoms with E-state index in [9.17, 15) is 4.57 Å². The number of hydrogen-bond donors (Lipinski definition) is 0. The molecular weight excluding hydrogens is 664 g/mol. The number of hydrogen-bond acceptors (Lipinski definition) is 7. The van der Waals surface area contributed by atoms with E-state index in [1.54, 1.807) is 14.2 Å². The second-order valence-electron chi connectivity index (χ2n) is 8.00. The van der Waals surface area contributed by atoms with Crippen molar-refractivity contribution in [2.75, 3.05) is 67.1 Å². The Morgan fingerprint density at radius 3 is 1.48 bits per heavy atom. The van der Waals surface area contributed by atoms with Crippen molar-refractivity contribution in [3.05, 3.63) is 92.4 Å². The van der Waals surface area contributed by atoms with Crippen LogP contribution in [0.25, 0.3) is 0 Å². The van der Waals surface area contributed by atoms with Crippen LogP contribution in [0.15, 0.2) is 84.9 Å². The van der Waals surface area contributed by atoms with E-state index in [4.69, 9.17) is 28.0 Å². The summed E-state index contributed by atoms with van der Waals surface area (Å²) in [5.74, 6) is 0. The summed E-state index contributed by atoms with van der Waals surface area (Å²) in [6, 6.07) is 28.4. The summed E-state index contributed by atoms with van der Waals surface area (Å²) in [5, 5.41) is 3.91. The van der Waals surface area contributed by atoms with E-state index < -0.39 is 15.5 Å². The monoisotopic (exact) mass is 703 g/mol. The minimum atomic E-state index is -3.71. The van der Waals surface area contributed by atoms with Gasteiger partial charge in [-0.2, -0.15) is 0 Å². The Kier molecular flexibility index (Phi) is 20.9. The van der Waals surface area contributed by atoms with Gasteiger partial charge in [0.25, 0.3) is 0 Å². The van der Waals surface area contributed by atoms with Crippen molar-refractivity contribution in [1.29, 1.82) is 0 Å². The van der Waals surface area contributed by atoms with Gasteiger partial charge in [-0.15, -0.1) is 0 Å². The number of rotatable bonds is 18. The zero-order valence-corrected chi connectivity index (χ0v) is 27.4. The van der Waals surface area contributed by atoms with Gasteiger partial charge in [-0.3, -0.25) is 4.57 Å². The molecule has 0 radical (unpaired) electrons. The third-order valence-corrected chi connectivity index (χ3v) is 10.5. The van der Waals surface area contributed by atoms with Gasteiger partial charge in [0.2, 0.25) is 0 Å². The average molecular weight is 704 g/mol. The van der Waals surface area contributed by atoms with Crippen LogP contribution in [0.3, 0.4) is 0 Å². The first kappa shape index (κ1) is 37.1. The average Bonchev–Trinajstić information content (AvgIpc) is 2.99. The summed E-state index contributed by atoms with van der Waals surface area (Å²) in [4.78, 5) is 0. The molecule has 0 bridgehead atoms. The summed E-state index contributed by atoms with van der Waals surface area (Å²) in [5.41, 5.74) is 0. The molecule has 0 unspecified atom stereocenters. The molecule has 0 saturated heterocycles. The summed E-state index contributed by atoms with van der Waals surface area (Å²) in [6.45, 7) is 2.63. The van der Waals surface area contributed by atoms with Gasteiger partial charge in [0.15, 0.2) is 0 Å². The summed E-state index contributed by atoms with van der Waals surface area (Å²) >= 11 is 2.22. The van der Waals surface area contributed by atoms with Gasteiger partial charge >= 0.3 is 35.3 Å². The quantitative estimate of drug-likeness (QED) is 0.0837. The van der Waals surface area contributed by atoms with E-state index in [2.05, 4.69) is 52.0 Å². The van der Waals surface area contributed by atoms with Gasteiger partial charge in [0, 0.05) is 14.2 Å². The van der Waals surface area contributed by atoms with Crippen molar-refractivity contribution in [2.45, 2.75) is 0 Å². The van der Waals surface area contributed by atoms with Gasteiger partial charge in [0.1, 0.15) is 21.2 Å². The molecule has 0 atom stereocenters. The molecule has 0 N–H and O–H groups in total. The van der Waals surface area contributed by atoms with Crippen molar-refractivity contribution in [3.8, 4) is 0 Å². The van der Waals surface area contributed by atoms with Crippen LogP contribution in [0.4, 0.5) is 0 Å². The fourth-order valence-corrected chi connectivity index (χ4v) is 8.69. The molecule has 3 rings (SSSR count). The topological polar surface area (TPSA) is 72.5 Å². The van der Waals surface area contributed by atoms with Gasteiger partial charge < -0.3 is 35.4 Å². The summed E-state index contributed by atoms with van der Waals surface area (Å²) < 4.78 is 47.5. The number of methoxy groups -OCH3 is 2. The Labute approximate surface area is 255 Å². The van der Waals surface area contributed by atoms with Crippen molar-refractivity contribution in [2.24, 2.45) is 0 Å². The Balaban J connectivity index is 0.00000261. The summed E-state index contributed by atoms with van der Waals surface area (Å²) in [7, 11) is 2.51. The normalized spacial score (nSPS) is 11.1. The molecule has 0 saturated carbocycles. The van der Waals surface area contributed by atoms with Gasteiger partial charge in [-0.25, -0.2) is 0 Å². The zero-order chi connectivity index (χ0) is 28.2.